The molecule has 0 amide bonds. The summed E-state index contributed by atoms with van der Waals surface area (Å²) in [5.41, 5.74) is 2.13. The van der Waals surface area contributed by atoms with E-state index < -0.39 is 0 Å². The molecule has 15 heavy (non-hydrogen) atoms. The molecule has 0 aliphatic heterocycles. The Balaban J connectivity index is 2.45. The van der Waals surface area contributed by atoms with Crippen LogP contribution in [0, 0.1) is 12.7 Å². The Hall–Kier alpha value is -1.90. The highest BCUT2D eigenvalue weighted by Gasteiger charge is 2.02. The van der Waals surface area contributed by atoms with Crippen LogP contribution in [0.1, 0.15) is 5.69 Å². The number of hydrogen-bond donors (Lipinski definition) is 1. The monoisotopic (exact) mass is 203 g/mol. The van der Waals surface area contributed by atoms with Crippen LogP contribution < -0.4 is 0 Å². The molecule has 3 heteroatoms. The maximum absolute atomic E-state index is 12.7. The molecule has 0 unspecified atom stereocenters. The van der Waals surface area contributed by atoms with Crippen molar-refractivity contribution in [3.8, 4) is 17.0 Å². The van der Waals surface area contributed by atoms with Gasteiger partial charge in [-0.1, -0.05) is 0 Å². The Bertz CT molecular complexity index is 479. The van der Waals surface area contributed by atoms with E-state index in [1.165, 1.54) is 12.1 Å². The molecular weight excluding hydrogens is 193 g/mol. The first kappa shape index (κ1) is 9.65. The number of benzene rings is 1. The lowest BCUT2D eigenvalue weighted by molar-refractivity contribution is 0.468. The molecule has 0 saturated heterocycles. The van der Waals surface area contributed by atoms with Gasteiger partial charge in [0.05, 0.1) is 11.4 Å². The summed E-state index contributed by atoms with van der Waals surface area (Å²) in [6.45, 7) is 1.72. The quantitative estimate of drug-likeness (QED) is 0.773. The summed E-state index contributed by atoms with van der Waals surface area (Å²) in [5, 5.41) is 9.31. The molecule has 76 valence electrons. The van der Waals surface area contributed by atoms with Crippen molar-refractivity contribution in [1.82, 2.24) is 4.98 Å². The number of aryl methyl sites for hydroxylation is 1. The molecule has 0 aliphatic carbocycles. The molecule has 0 bridgehead atoms. The molecule has 2 nitrogen and oxygen atoms in total. The van der Waals surface area contributed by atoms with Crippen LogP contribution in [0.25, 0.3) is 11.3 Å². The van der Waals surface area contributed by atoms with Crippen molar-refractivity contribution in [3.05, 3.63) is 47.9 Å². The van der Waals surface area contributed by atoms with E-state index in [0.717, 1.165) is 11.3 Å². The molecule has 0 aliphatic rings. The Morgan fingerprint density at radius 1 is 1.07 bits per heavy atom. The average molecular weight is 203 g/mol. The van der Waals surface area contributed by atoms with E-state index in [9.17, 15) is 9.50 Å². The summed E-state index contributed by atoms with van der Waals surface area (Å²) in [6, 6.07) is 9.39. The standard InChI is InChI=1S/C12H10FNO/c1-8-12(15)7-6-11(14-8)9-2-4-10(13)5-3-9/h2-7,15H,1H3. The number of rotatable bonds is 1. The van der Waals surface area contributed by atoms with E-state index in [0.29, 0.717) is 5.69 Å². The van der Waals surface area contributed by atoms with E-state index in [-0.39, 0.29) is 11.6 Å². The largest absolute Gasteiger partial charge is 0.506 e. The predicted molar refractivity (Wildman–Crippen MR) is 56.0 cm³/mol. The lowest BCUT2D eigenvalue weighted by atomic mass is 10.1. The number of hydrogen-bond acceptors (Lipinski definition) is 2. The van der Waals surface area contributed by atoms with Gasteiger partial charge in [0.15, 0.2) is 0 Å². The fourth-order valence-electron chi connectivity index (χ4n) is 1.34. The number of halogens is 1. The molecule has 0 fully saturated rings. The van der Waals surface area contributed by atoms with Crippen LogP contribution in [0.5, 0.6) is 5.75 Å². The van der Waals surface area contributed by atoms with Gasteiger partial charge < -0.3 is 5.11 Å². The van der Waals surface area contributed by atoms with Crippen molar-refractivity contribution in [2.24, 2.45) is 0 Å². The van der Waals surface area contributed by atoms with E-state index in [2.05, 4.69) is 4.98 Å². The van der Waals surface area contributed by atoms with Gasteiger partial charge in [0.2, 0.25) is 0 Å². The summed E-state index contributed by atoms with van der Waals surface area (Å²) in [6.07, 6.45) is 0. The maximum Gasteiger partial charge on any atom is 0.136 e. The Morgan fingerprint density at radius 3 is 2.33 bits per heavy atom. The third kappa shape index (κ3) is 1.96. The van der Waals surface area contributed by atoms with Crippen LogP contribution in [0.4, 0.5) is 4.39 Å². The highest BCUT2D eigenvalue weighted by molar-refractivity contribution is 5.59. The van der Waals surface area contributed by atoms with Gasteiger partial charge in [0, 0.05) is 5.56 Å². The van der Waals surface area contributed by atoms with Gasteiger partial charge in [-0.2, -0.15) is 0 Å². The fourth-order valence-corrected chi connectivity index (χ4v) is 1.34. The molecule has 1 heterocycles. The van der Waals surface area contributed by atoms with Gasteiger partial charge in [-0.3, -0.25) is 0 Å². The molecule has 0 saturated carbocycles. The number of nitrogens with zero attached hydrogens (tertiary/aromatic N) is 1. The Labute approximate surface area is 87.0 Å². The highest BCUT2D eigenvalue weighted by Crippen LogP contribution is 2.21. The molecule has 0 spiro atoms. The topological polar surface area (TPSA) is 33.1 Å². The smallest absolute Gasteiger partial charge is 0.136 e. The summed E-state index contributed by atoms with van der Waals surface area (Å²) >= 11 is 0. The minimum absolute atomic E-state index is 0.167. The van der Waals surface area contributed by atoms with E-state index >= 15 is 0 Å². The number of pyridine rings is 1. The zero-order chi connectivity index (χ0) is 10.8. The molecule has 0 atom stereocenters. The van der Waals surface area contributed by atoms with Crippen LogP contribution in [0.15, 0.2) is 36.4 Å². The molecule has 1 aromatic carbocycles. The summed E-state index contributed by atoms with van der Waals surface area (Å²) < 4.78 is 12.7. The lowest BCUT2D eigenvalue weighted by Gasteiger charge is -2.03. The first-order valence-electron chi connectivity index (χ1n) is 4.59. The van der Waals surface area contributed by atoms with Crippen LogP contribution >= 0.6 is 0 Å². The van der Waals surface area contributed by atoms with E-state index in [4.69, 9.17) is 0 Å². The minimum Gasteiger partial charge on any atom is -0.506 e. The van der Waals surface area contributed by atoms with Crippen molar-refractivity contribution in [2.75, 3.05) is 0 Å². The van der Waals surface area contributed by atoms with Crippen LogP contribution in [0.3, 0.4) is 0 Å². The van der Waals surface area contributed by atoms with E-state index in [1.807, 2.05) is 0 Å². The van der Waals surface area contributed by atoms with E-state index in [1.54, 1.807) is 31.2 Å². The van der Waals surface area contributed by atoms with Gasteiger partial charge in [-0.25, -0.2) is 9.37 Å². The second kappa shape index (κ2) is 3.69. The first-order valence-corrected chi connectivity index (χ1v) is 4.59. The van der Waals surface area contributed by atoms with Crippen molar-refractivity contribution in [2.45, 2.75) is 6.92 Å². The maximum atomic E-state index is 12.7. The molecular formula is C12H10FNO. The Morgan fingerprint density at radius 2 is 1.73 bits per heavy atom. The predicted octanol–water partition coefficient (Wildman–Crippen LogP) is 2.90. The second-order valence-electron chi connectivity index (χ2n) is 3.31. The highest BCUT2D eigenvalue weighted by atomic mass is 19.1. The van der Waals surface area contributed by atoms with Crippen LogP contribution in [0.2, 0.25) is 0 Å². The second-order valence-corrected chi connectivity index (χ2v) is 3.31. The number of aromatic hydroxyl groups is 1. The molecule has 1 N–H and O–H groups in total. The zero-order valence-electron chi connectivity index (χ0n) is 8.24. The Kier molecular flexibility index (Phi) is 2.37. The van der Waals surface area contributed by atoms with Crippen molar-refractivity contribution in [3.63, 3.8) is 0 Å². The SMILES string of the molecule is Cc1nc(-c2ccc(F)cc2)ccc1O. The van der Waals surface area contributed by atoms with Gasteiger partial charge in [-0.15, -0.1) is 0 Å². The third-order valence-corrected chi connectivity index (χ3v) is 2.20. The van der Waals surface area contributed by atoms with Gasteiger partial charge in [-0.05, 0) is 43.3 Å². The molecule has 2 aromatic rings. The summed E-state index contributed by atoms with van der Waals surface area (Å²) in [5.74, 6) is -0.102. The van der Waals surface area contributed by atoms with Gasteiger partial charge in [0.1, 0.15) is 11.6 Å². The molecule has 1 aromatic heterocycles. The third-order valence-electron chi connectivity index (χ3n) is 2.20. The van der Waals surface area contributed by atoms with Crippen molar-refractivity contribution >= 4 is 0 Å². The van der Waals surface area contributed by atoms with Crippen LogP contribution in [-0.4, -0.2) is 10.1 Å². The van der Waals surface area contributed by atoms with Crippen molar-refractivity contribution < 1.29 is 9.50 Å². The lowest BCUT2D eigenvalue weighted by Crippen LogP contribution is -1.87. The average Bonchev–Trinajstić information content (AvgIpc) is 2.23. The minimum atomic E-state index is -0.269. The zero-order valence-corrected chi connectivity index (χ0v) is 8.24. The fraction of sp³-hybridized carbons (Fsp3) is 0.0833. The van der Waals surface area contributed by atoms with Crippen LogP contribution in [-0.2, 0) is 0 Å². The normalized spacial score (nSPS) is 10.3. The van der Waals surface area contributed by atoms with Gasteiger partial charge in [0.25, 0.3) is 0 Å². The first-order chi connectivity index (χ1) is 7.16. The summed E-state index contributed by atoms with van der Waals surface area (Å²) in [7, 11) is 0. The summed E-state index contributed by atoms with van der Waals surface area (Å²) in [4.78, 5) is 4.20. The van der Waals surface area contributed by atoms with Gasteiger partial charge >= 0.3 is 0 Å². The molecule has 0 radical (unpaired) electrons. The van der Waals surface area contributed by atoms with Crippen molar-refractivity contribution in [1.29, 1.82) is 0 Å². The number of aromatic nitrogens is 1. The molecule has 2 rings (SSSR count).